The summed E-state index contributed by atoms with van der Waals surface area (Å²) in [5.41, 5.74) is -1.58. The first kappa shape index (κ1) is 17.9. The van der Waals surface area contributed by atoms with E-state index in [1.807, 2.05) is 17.5 Å². The van der Waals surface area contributed by atoms with Crippen LogP contribution in [0, 0.1) is 0 Å². The largest absolute Gasteiger partial charge is 0.477 e. The number of aliphatic carboxylic acids is 1. The van der Waals surface area contributed by atoms with Crippen LogP contribution in [0.3, 0.4) is 0 Å². The predicted octanol–water partition coefficient (Wildman–Crippen LogP) is -0.00440. The first-order valence-corrected chi connectivity index (χ1v) is 9.27. The van der Waals surface area contributed by atoms with Crippen molar-refractivity contribution in [3.05, 3.63) is 33.7 Å². The van der Waals surface area contributed by atoms with Crippen LogP contribution in [-0.2, 0) is 25.5 Å². The summed E-state index contributed by atoms with van der Waals surface area (Å²) in [6, 6.07) is 3.64. The van der Waals surface area contributed by atoms with Crippen molar-refractivity contribution < 1.29 is 29.3 Å². The maximum absolute atomic E-state index is 12.7. The highest BCUT2D eigenvalue weighted by Gasteiger charge is 2.66. The van der Waals surface area contributed by atoms with Crippen LogP contribution in [0.1, 0.15) is 4.88 Å². The van der Waals surface area contributed by atoms with Gasteiger partial charge in [-0.1, -0.05) is 6.07 Å². The van der Waals surface area contributed by atoms with E-state index >= 15 is 0 Å². The Kier molecular flexibility index (Phi) is 4.87. The number of amides is 2. The third kappa shape index (κ3) is 2.84. The van der Waals surface area contributed by atoms with Crippen molar-refractivity contribution in [2.75, 3.05) is 19.5 Å². The normalized spacial score (nSPS) is 25.4. The molecule has 25 heavy (non-hydrogen) atoms. The van der Waals surface area contributed by atoms with E-state index in [2.05, 4.69) is 5.32 Å². The monoisotopic (exact) mass is 384 g/mol. The molecule has 0 unspecified atom stereocenters. The van der Waals surface area contributed by atoms with Gasteiger partial charge >= 0.3 is 5.97 Å². The molecule has 3 heterocycles. The SMILES string of the molecule is CO[C@@]1(NC(=O)Cc2cccs2)C(=O)N2C(C(=O)O)=C(CO)CS[C@@H]21. The molecular weight excluding hydrogens is 368 g/mol. The predicted molar refractivity (Wildman–Crippen MR) is 90.7 cm³/mol. The molecule has 0 saturated carbocycles. The Morgan fingerprint density at radius 3 is 2.84 bits per heavy atom. The average molecular weight is 384 g/mol. The van der Waals surface area contributed by atoms with E-state index in [1.54, 1.807) is 0 Å². The summed E-state index contributed by atoms with van der Waals surface area (Å²) in [6.07, 6.45) is 0.108. The van der Waals surface area contributed by atoms with E-state index < -0.39 is 29.6 Å². The number of β-lactam (4-membered cyclic amide) rings is 1. The summed E-state index contributed by atoms with van der Waals surface area (Å²) in [7, 11) is 1.30. The minimum atomic E-state index is -1.60. The smallest absolute Gasteiger partial charge is 0.352 e. The average Bonchev–Trinajstić information content (AvgIpc) is 3.10. The number of nitrogens with zero attached hydrogens (tertiary/aromatic N) is 1. The number of fused-ring (bicyclic) bond motifs is 1. The number of thioether (sulfide) groups is 1. The highest BCUT2D eigenvalue weighted by atomic mass is 32.2. The lowest BCUT2D eigenvalue weighted by Crippen LogP contribution is -2.80. The third-order valence-corrected chi connectivity index (χ3v) is 6.32. The number of hydrogen-bond donors (Lipinski definition) is 3. The maximum atomic E-state index is 12.7. The quantitative estimate of drug-likeness (QED) is 0.467. The van der Waals surface area contributed by atoms with Crippen molar-refractivity contribution >= 4 is 40.9 Å². The number of rotatable bonds is 6. The summed E-state index contributed by atoms with van der Waals surface area (Å²) in [5.74, 6) is -2.10. The van der Waals surface area contributed by atoms with Crippen LogP contribution in [0.5, 0.6) is 0 Å². The third-order valence-electron chi connectivity index (χ3n) is 4.07. The number of carbonyl (C=O) groups is 3. The fraction of sp³-hybridized carbons (Fsp3) is 0.400. The molecule has 1 fully saturated rings. The Morgan fingerprint density at radius 1 is 1.52 bits per heavy atom. The van der Waals surface area contributed by atoms with E-state index in [9.17, 15) is 24.6 Å². The lowest BCUT2D eigenvalue weighted by Gasteiger charge is -2.55. The number of aliphatic hydroxyl groups is 1. The molecule has 3 rings (SSSR count). The standard InChI is InChI=1S/C15H16N2O6S2/c1-23-15(16-10(19)5-9-3-2-4-24-9)13(22)17-11(12(20)21)8(6-18)7-25-14(15)17/h2-4,14,18H,5-7H2,1H3,(H,16,19)(H,20,21)/t14-,15+/m1/s1. The fourth-order valence-electron chi connectivity index (χ4n) is 2.89. The number of ether oxygens (including phenoxy) is 1. The van der Waals surface area contributed by atoms with Crippen molar-refractivity contribution in [3.8, 4) is 0 Å². The number of aliphatic hydroxyl groups excluding tert-OH is 1. The van der Waals surface area contributed by atoms with Gasteiger partial charge in [-0.2, -0.15) is 0 Å². The Bertz CT molecular complexity index is 747. The molecule has 0 aromatic carbocycles. The van der Waals surface area contributed by atoms with Gasteiger partial charge in [-0.3, -0.25) is 14.5 Å². The Balaban J connectivity index is 1.82. The van der Waals surface area contributed by atoms with Crippen molar-refractivity contribution in [2.45, 2.75) is 17.5 Å². The molecule has 2 aliphatic rings. The molecule has 10 heteroatoms. The van der Waals surface area contributed by atoms with Crippen LogP contribution in [-0.4, -0.2) is 63.5 Å². The molecule has 1 aromatic heterocycles. The Hall–Kier alpha value is -1.88. The number of carboxylic acids is 1. The van der Waals surface area contributed by atoms with Crippen LogP contribution in [0.25, 0.3) is 0 Å². The van der Waals surface area contributed by atoms with E-state index in [-0.39, 0.29) is 29.4 Å². The Morgan fingerprint density at radius 2 is 2.28 bits per heavy atom. The molecule has 1 aromatic rings. The maximum Gasteiger partial charge on any atom is 0.352 e. The van der Waals surface area contributed by atoms with Gasteiger partial charge in [0.25, 0.3) is 11.6 Å². The van der Waals surface area contributed by atoms with E-state index in [0.717, 1.165) is 9.78 Å². The van der Waals surface area contributed by atoms with Crippen LogP contribution < -0.4 is 5.32 Å². The number of methoxy groups -OCH3 is 1. The molecule has 8 nitrogen and oxygen atoms in total. The van der Waals surface area contributed by atoms with E-state index in [1.165, 1.54) is 30.2 Å². The zero-order valence-corrected chi connectivity index (χ0v) is 14.9. The second-order valence-electron chi connectivity index (χ2n) is 5.50. The van der Waals surface area contributed by atoms with Crippen LogP contribution >= 0.6 is 23.1 Å². The minimum Gasteiger partial charge on any atom is -0.477 e. The lowest BCUT2D eigenvalue weighted by atomic mass is 9.98. The molecule has 0 bridgehead atoms. The van der Waals surface area contributed by atoms with E-state index in [0.29, 0.717) is 0 Å². The molecule has 0 radical (unpaired) electrons. The van der Waals surface area contributed by atoms with Crippen molar-refractivity contribution in [2.24, 2.45) is 0 Å². The second-order valence-corrected chi connectivity index (χ2v) is 7.60. The first-order chi connectivity index (χ1) is 11.9. The molecule has 2 aliphatic heterocycles. The second kappa shape index (κ2) is 6.79. The number of carboxylic acid groups (broad SMARTS) is 1. The molecule has 2 amide bonds. The lowest BCUT2D eigenvalue weighted by molar-refractivity contribution is -0.192. The van der Waals surface area contributed by atoms with E-state index in [4.69, 9.17) is 4.74 Å². The molecule has 0 spiro atoms. The number of nitrogens with one attached hydrogen (secondary N) is 1. The van der Waals surface area contributed by atoms with Gasteiger partial charge in [-0.25, -0.2) is 4.79 Å². The molecule has 3 N–H and O–H groups in total. The van der Waals surface area contributed by atoms with Crippen molar-refractivity contribution in [1.29, 1.82) is 0 Å². The van der Waals surface area contributed by atoms with Gasteiger partial charge in [0, 0.05) is 17.7 Å². The van der Waals surface area contributed by atoms with Crippen molar-refractivity contribution in [3.63, 3.8) is 0 Å². The number of carbonyl (C=O) groups excluding carboxylic acids is 2. The van der Waals surface area contributed by atoms with Crippen LogP contribution in [0.15, 0.2) is 28.8 Å². The van der Waals surface area contributed by atoms with Gasteiger partial charge < -0.3 is 20.3 Å². The highest BCUT2D eigenvalue weighted by Crippen LogP contribution is 2.46. The van der Waals surface area contributed by atoms with Gasteiger partial charge in [0.05, 0.1) is 13.0 Å². The van der Waals surface area contributed by atoms with Crippen LogP contribution in [0.2, 0.25) is 0 Å². The zero-order valence-electron chi connectivity index (χ0n) is 13.2. The number of thiophene rings is 1. The minimum absolute atomic E-state index is 0.108. The molecule has 1 saturated heterocycles. The zero-order chi connectivity index (χ0) is 18.2. The van der Waals surface area contributed by atoms with Gasteiger partial charge in [-0.15, -0.1) is 23.1 Å². The topological polar surface area (TPSA) is 116 Å². The van der Waals surface area contributed by atoms with Gasteiger partial charge in [0.2, 0.25) is 5.91 Å². The summed E-state index contributed by atoms with van der Waals surface area (Å²) >= 11 is 2.67. The fourth-order valence-corrected chi connectivity index (χ4v) is 5.02. The van der Waals surface area contributed by atoms with Gasteiger partial charge in [-0.05, 0) is 17.0 Å². The summed E-state index contributed by atoms with van der Waals surface area (Å²) < 4.78 is 5.32. The summed E-state index contributed by atoms with van der Waals surface area (Å²) in [5, 5.41) is 22.5. The molecular formula is C15H16N2O6S2. The van der Waals surface area contributed by atoms with Crippen LogP contribution in [0.4, 0.5) is 0 Å². The number of hydrogen-bond acceptors (Lipinski definition) is 7. The van der Waals surface area contributed by atoms with Gasteiger partial charge in [0.15, 0.2) is 0 Å². The van der Waals surface area contributed by atoms with Crippen molar-refractivity contribution in [1.82, 2.24) is 10.2 Å². The summed E-state index contributed by atoms with van der Waals surface area (Å²) in [4.78, 5) is 38.4. The Labute approximate surface area is 151 Å². The molecule has 0 aliphatic carbocycles. The molecule has 134 valence electrons. The molecule has 2 atom stereocenters. The summed E-state index contributed by atoms with van der Waals surface area (Å²) in [6.45, 7) is -0.449. The highest BCUT2D eigenvalue weighted by molar-refractivity contribution is 8.00. The van der Waals surface area contributed by atoms with Gasteiger partial charge in [0.1, 0.15) is 11.1 Å². The first-order valence-electron chi connectivity index (χ1n) is 7.34.